The fraction of sp³-hybridized carbons (Fsp3) is 0.571. The van der Waals surface area contributed by atoms with E-state index in [1.54, 1.807) is 33.8 Å². The van der Waals surface area contributed by atoms with Gasteiger partial charge in [-0.25, -0.2) is 0 Å². The number of carbonyl (C=O) groups excluding carboxylic acids is 2. The molecule has 0 spiro atoms. The number of hydrogen-bond acceptors (Lipinski definition) is 6. The molecule has 1 rings (SSSR count). The van der Waals surface area contributed by atoms with Crippen LogP contribution in [0.4, 0.5) is 5.82 Å². The minimum atomic E-state index is -1.07. The number of hydrogen-bond donors (Lipinski definition) is 2. The topological polar surface area (TPSA) is 113 Å². The van der Waals surface area contributed by atoms with Crippen LogP contribution in [0.3, 0.4) is 0 Å². The Balaban J connectivity index is 2.49. The zero-order chi connectivity index (χ0) is 17.6. The van der Waals surface area contributed by atoms with E-state index < -0.39 is 11.2 Å². The van der Waals surface area contributed by atoms with Gasteiger partial charge in [0.2, 0.25) is 11.8 Å². The van der Waals surface area contributed by atoms with E-state index in [-0.39, 0.29) is 30.2 Å². The molecular formula is C14H21N3O5S. The summed E-state index contributed by atoms with van der Waals surface area (Å²) < 4.78 is 4.85. The number of carboxylic acids is 1. The van der Waals surface area contributed by atoms with Crippen molar-refractivity contribution in [2.75, 3.05) is 17.6 Å². The summed E-state index contributed by atoms with van der Waals surface area (Å²) in [5, 5.41) is 14.6. The summed E-state index contributed by atoms with van der Waals surface area (Å²) in [5.41, 5.74) is 0. The van der Waals surface area contributed by atoms with Gasteiger partial charge in [0.1, 0.15) is 12.3 Å². The third-order valence-electron chi connectivity index (χ3n) is 2.95. The van der Waals surface area contributed by atoms with Gasteiger partial charge >= 0.3 is 5.97 Å². The van der Waals surface area contributed by atoms with E-state index >= 15 is 0 Å². The van der Waals surface area contributed by atoms with Crippen LogP contribution in [0.15, 0.2) is 10.6 Å². The standard InChI is InChI=1S/C14H21N3O5S/c1-8(2)17(6-13(19)20)12(18)7-23-10(4)14(21)15-11-5-9(3)22-16-11/h5,8,10H,6-7H2,1-4H3,(H,19,20)(H,15,16,21). The number of aryl methyl sites for hydroxylation is 1. The number of carboxylic acid groups (broad SMARTS) is 1. The van der Waals surface area contributed by atoms with Gasteiger partial charge in [0, 0.05) is 12.1 Å². The van der Waals surface area contributed by atoms with Crippen LogP contribution in [0.1, 0.15) is 26.5 Å². The summed E-state index contributed by atoms with van der Waals surface area (Å²) in [6.07, 6.45) is 0. The lowest BCUT2D eigenvalue weighted by Crippen LogP contribution is -2.42. The lowest BCUT2D eigenvalue weighted by Gasteiger charge is -2.25. The molecule has 1 unspecified atom stereocenters. The lowest BCUT2D eigenvalue weighted by atomic mass is 10.3. The Morgan fingerprint density at radius 3 is 2.52 bits per heavy atom. The van der Waals surface area contributed by atoms with Gasteiger partial charge in [0.25, 0.3) is 0 Å². The fourth-order valence-electron chi connectivity index (χ4n) is 1.71. The van der Waals surface area contributed by atoms with Crippen molar-refractivity contribution in [1.82, 2.24) is 10.1 Å². The van der Waals surface area contributed by atoms with Crippen LogP contribution < -0.4 is 5.32 Å². The average Bonchev–Trinajstić information content (AvgIpc) is 2.86. The largest absolute Gasteiger partial charge is 0.480 e. The zero-order valence-corrected chi connectivity index (χ0v) is 14.3. The Bertz CT molecular complexity index is 573. The summed E-state index contributed by atoms with van der Waals surface area (Å²) in [6.45, 7) is 6.51. The van der Waals surface area contributed by atoms with Crippen molar-refractivity contribution in [3.63, 3.8) is 0 Å². The van der Waals surface area contributed by atoms with Gasteiger partial charge in [0.15, 0.2) is 5.82 Å². The minimum absolute atomic E-state index is 0.0257. The molecule has 2 amide bonds. The second-order valence-electron chi connectivity index (χ2n) is 5.27. The summed E-state index contributed by atoms with van der Waals surface area (Å²) >= 11 is 1.14. The highest BCUT2D eigenvalue weighted by atomic mass is 32.2. The first-order valence-corrected chi connectivity index (χ1v) is 8.12. The SMILES string of the molecule is Cc1cc(NC(=O)C(C)SCC(=O)N(CC(=O)O)C(C)C)no1. The number of carbonyl (C=O) groups is 3. The summed E-state index contributed by atoms with van der Waals surface area (Å²) in [7, 11) is 0. The van der Waals surface area contributed by atoms with Crippen molar-refractivity contribution in [2.45, 2.75) is 39.0 Å². The van der Waals surface area contributed by atoms with Gasteiger partial charge in [-0.05, 0) is 27.7 Å². The van der Waals surface area contributed by atoms with E-state index in [1.165, 1.54) is 4.90 Å². The molecule has 1 atom stereocenters. The summed E-state index contributed by atoms with van der Waals surface area (Å²) in [4.78, 5) is 36.1. The van der Waals surface area contributed by atoms with Crippen LogP contribution in [-0.4, -0.2) is 56.5 Å². The second-order valence-corrected chi connectivity index (χ2v) is 6.60. The highest BCUT2D eigenvalue weighted by molar-refractivity contribution is 8.01. The molecule has 0 saturated heterocycles. The third-order valence-corrected chi connectivity index (χ3v) is 4.08. The molecule has 1 heterocycles. The molecule has 1 aromatic heterocycles. The van der Waals surface area contributed by atoms with Crippen molar-refractivity contribution in [1.29, 1.82) is 0 Å². The van der Waals surface area contributed by atoms with E-state index in [0.29, 0.717) is 11.6 Å². The van der Waals surface area contributed by atoms with Crippen LogP contribution in [0.5, 0.6) is 0 Å². The van der Waals surface area contributed by atoms with Gasteiger partial charge < -0.3 is 19.8 Å². The van der Waals surface area contributed by atoms with Gasteiger partial charge in [-0.15, -0.1) is 11.8 Å². The number of thioether (sulfide) groups is 1. The van der Waals surface area contributed by atoms with Gasteiger partial charge in [-0.3, -0.25) is 14.4 Å². The molecule has 128 valence electrons. The van der Waals surface area contributed by atoms with Gasteiger partial charge in [0.05, 0.1) is 11.0 Å². The monoisotopic (exact) mass is 343 g/mol. The molecule has 0 fully saturated rings. The molecule has 0 aliphatic heterocycles. The Kier molecular flexibility index (Phi) is 7.08. The Labute approximate surface area is 138 Å². The zero-order valence-electron chi connectivity index (χ0n) is 13.5. The fourth-order valence-corrected chi connectivity index (χ4v) is 2.48. The molecule has 0 aliphatic carbocycles. The van der Waals surface area contributed by atoms with Gasteiger partial charge in [-0.1, -0.05) is 5.16 Å². The molecule has 0 aliphatic rings. The highest BCUT2D eigenvalue weighted by Gasteiger charge is 2.22. The van der Waals surface area contributed by atoms with Crippen molar-refractivity contribution in [3.8, 4) is 0 Å². The molecular weight excluding hydrogens is 322 g/mol. The van der Waals surface area contributed by atoms with Crippen molar-refractivity contribution in [2.24, 2.45) is 0 Å². The number of anilines is 1. The molecule has 0 aromatic carbocycles. The Morgan fingerprint density at radius 1 is 1.39 bits per heavy atom. The van der Waals surface area contributed by atoms with E-state index in [1.807, 2.05) is 0 Å². The first-order chi connectivity index (χ1) is 10.7. The number of aliphatic carboxylic acids is 1. The normalized spacial score (nSPS) is 12.0. The maximum atomic E-state index is 12.1. The van der Waals surface area contributed by atoms with Crippen LogP contribution in [0.25, 0.3) is 0 Å². The van der Waals surface area contributed by atoms with Crippen LogP contribution in [0, 0.1) is 6.92 Å². The number of amides is 2. The lowest BCUT2D eigenvalue weighted by molar-refractivity contribution is -0.144. The van der Waals surface area contributed by atoms with E-state index in [9.17, 15) is 14.4 Å². The minimum Gasteiger partial charge on any atom is -0.480 e. The number of nitrogens with zero attached hydrogens (tertiary/aromatic N) is 2. The summed E-state index contributed by atoms with van der Waals surface area (Å²) in [5.74, 6) is -0.755. The van der Waals surface area contributed by atoms with Crippen LogP contribution in [0.2, 0.25) is 0 Å². The van der Waals surface area contributed by atoms with Crippen molar-refractivity contribution in [3.05, 3.63) is 11.8 Å². The molecule has 9 heteroatoms. The predicted molar refractivity (Wildman–Crippen MR) is 86.3 cm³/mol. The molecule has 8 nitrogen and oxygen atoms in total. The van der Waals surface area contributed by atoms with Gasteiger partial charge in [-0.2, -0.15) is 0 Å². The smallest absolute Gasteiger partial charge is 0.323 e. The van der Waals surface area contributed by atoms with Crippen LogP contribution >= 0.6 is 11.8 Å². The van der Waals surface area contributed by atoms with Crippen molar-refractivity contribution < 1.29 is 24.0 Å². The number of rotatable bonds is 8. The quantitative estimate of drug-likeness (QED) is 0.733. The molecule has 1 aromatic rings. The Morgan fingerprint density at radius 2 is 2.04 bits per heavy atom. The van der Waals surface area contributed by atoms with E-state index in [4.69, 9.17) is 9.63 Å². The maximum absolute atomic E-state index is 12.1. The van der Waals surface area contributed by atoms with Crippen molar-refractivity contribution >= 4 is 35.4 Å². The first kappa shape index (κ1) is 19.0. The third kappa shape index (κ3) is 6.31. The molecule has 23 heavy (non-hydrogen) atoms. The molecule has 0 saturated carbocycles. The number of aromatic nitrogens is 1. The van der Waals surface area contributed by atoms with E-state index in [2.05, 4.69) is 10.5 Å². The molecule has 0 bridgehead atoms. The second kappa shape index (κ2) is 8.56. The highest BCUT2D eigenvalue weighted by Crippen LogP contribution is 2.15. The molecule has 0 radical (unpaired) electrons. The molecule has 2 N–H and O–H groups in total. The predicted octanol–water partition coefficient (Wildman–Crippen LogP) is 1.36. The average molecular weight is 343 g/mol. The number of nitrogens with one attached hydrogen (secondary N) is 1. The first-order valence-electron chi connectivity index (χ1n) is 7.07. The summed E-state index contributed by atoms with van der Waals surface area (Å²) in [6, 6.07) is 1.37. The maximum Gasteiger partial charge on any atom is 0.323 e. The van der Waals surface area contributed by atoms with Crippen LogP contribution in [-0.2, 0) is 14.4 Å². The Hall–Kier alpha value is -2.03. The van der Waals surface area contributed by atoms with E-state index in [0.717, 1.165) is 11.8 Å².